The van der Waals surface area contributed by atoms with Gasteiger partial charge in [-0.15, -0.1) is 12.4 Å². The van der Waals surface area contributed by atoms with E-state index in [1.54, 1.807) is 6.07 Å². The zero-order valence-corrected chi connectivity index (χ0v) is 13.9. The van der Waals surface area contributed by atoms with Crippen molar-refractivity contribution in [2.24, 2.45) is 0 Å². The number of halogens is 1. The number of hydrogen-bond acceptors (Lipinski definition) is 4. The van der Waals surface area contributed by atoms with Gasteiger partial charge < -0.3 is 20.1 Å². The summed E-state index contributed by atoms with van der Waals surface area (Å²) >= 11 is 0. The molecule has 5 nitrogen and oxygen atoms in total. The van der Waals surface area contributed by atoms with Gasteiger partial charge in [0.05, 0.1) is 0 Å². The highest BCUT2D eigenvalue weighted by molar-refractivity contribution is 5.94. The molecule has 0 saturated heterocycles. The van der Waals surface area contributed by atoms with E-state index in [0.29, 0.717) is 11.5 Å². The number of ether oxygens (including phenoxy) is 2. The summed E-state index contributed by atoms with van der Waals surface area (Å²) in [6.07, 6.45) is 0.388. The highest BCUT2D eigenvalue weighted by Gasteiger charge is 2.27. The number of carbonyl (C=O) groups excluding carboxylic acids is 1. The second-order valence-corrected chi connectivity index (χ2v) is 5.76. The monoisotopic (exact) mass is 346 g/mol. The average Bonchev–Trinajstić information content (AvgIpc) is 2.61. The first-order chi connectivity index (χ1) is 11.3. The molecule has 2 heterocycles. The van der Waals surface area contributed by atoms with E-state index in [9.17, 15) is 4.79 Å². The Morgan fingerprint density at radius 3 is 2.83 bits per heavy atom. The summed E-state index contributed by atoms with van der Waals surface area (Å²) in [6, 6.07) is 13.4. The van der Waals surface area contributed by atoms with Crippen molar-refractivity contribution in [2.75, 3.05) is 18.5 Å². The van der Waals surface area contributed by atoms with Gasteiger partial charge in [0.15, 0.2) is 11.5 Å². The maximum atomic E-state index is 12.4. The van der Waals surface area contributed by atoms with Crippen molar-refractivity contribution in [2.45, 2.75) is 19.1 Å². The lowest BCUT2D eigenvalue weighted by Gasteiger charge is -2.25. The van der Waals surface area contributed by atoms with Crippen molar-refractivity contribution >= 4 is 24.0 Å². The van der Waals surface area contributed by atoms with E-state index in [1.165, 1.54) is 11.1 Å². The summed E-state index contributed by atoms with van der Waals surface area (Å²) in [4.78, 5) is 12.4. The fraction of sp³-hybridized carbons (Fsp3) is 0.278. The number of para-hydroxylation sites is 2. The number of amides is 1. The van der Waals surface area contributed by atoms with Crippen LogP contribution in [0, 0.1) is 0 Å². The molecule has 2 aliphatic heterocycles. The van der Waals surface area contributed by atoms with Crippen LogP contribution in [0.5, 0.6) is 11.5 Å². The van der Waals surface area contributed by atoms with Gasteiger partial charge in [-0.2, -0.15) is 0 Å². The smallest absolute Gasteiger partial charge is 0.269 e. The van der Waals surface area contributed by atoms with Crippen LogP contribution in [0.15, 0.2) is 42.5 Å². The van der Waals surface area contributed by atoms with Crippen molar-refractivity contribution < 1.29 is 14.3 Å². The summed E-state index contributed by atoms with van der Waals surface area (Å²) < 4.78 is 11.3. The Kier molecular flexibility index (Phi) is 4.92. The molecule has 2 N–H and O–H groups in total. The van der Waals surface area contributed by atoms with Crippen molar-refractivity contribution in [1.29, 1.82) is 0 Å². The molecule has 0 saturated carbocycles. The second-order valence-electron chi connectivity index (χ2n) is 5.76. The zero-order valence-electron chi connectivity index (χ0n) is 13.1. The minimum absolute atomic E-state index is 0. The first-order valence-electron chi connectivity index (χ1n) is 7.81. The Morgan fingerprint density at radius 2 is 1.96 bits per heavy atom. The number of benzene rings is 2. The number of carbonyl (C=O) groups is 1. The molecule has 0 radical (unpaired) electrons. The molecule has 126 valence electrons. The molecule has 2 aliphatic rings. The van der Waals surface area contributed by atoms with E-state index in [1.807, 2.05) is 30.3 Å². The summed E-state index contributed by atoms with van der Waals surface area (Å²) in [7, 11) is 0. The molecule has 0 spiro atoms. The van der Waals surface area contributed by atoms with Crippen LogP contribution in [0.2, 0.25) is 0 Å². The molecule has 4 rings (SSSR count). The van der Waals surface area contributed by atoms with Gasteiger partial charge in [-0.25, -0.2) is 0 Å². The van der Waals surface area contributed by atoms with Gasteiger partial charge in [-0.3, -0.25) is 4.79 Å². The lowest BCUT2D eigenvalue weighted by atomic mass is 10.0. The van der Waals surface area contributed by atoms with Crippen LogP contribution in [0.25, 0.3) is 0 Å². The second kappa shape index (κ2) is 7.11. The van der Waals surface area contributed by atoms with Crippen molar-refractivity contribution in [3.8, 4) is 11.5 Å². The van der Waals surface area contributed by atoms with Gasteiger partial charge in [0.25, 0.3) is 5.91 Å². The minimum Gasteiger partial charge on any atom is -0.485 e. The highest BCUT2D eigenvalue weighted by atomic mass is 35.5. The van der Waals surface area contributed by atoms with Crippen LogP contribution in [-0.2, 0) is 17.8 Å². The number of hydrogen-bond donors (Lipinski definition) is 2. The van der Waals surface area contributed by atoms with Gasteiger partial charge >= 0.3 is 0 Å². The predicted octanol–water partition coefficient (Wildman–Crippen LogP) is 2.53. The molecule has 1 atom stereocenters. The Balaban J connectivity index is 0.00000169. The van der Waals surface area contributed by atoms with E-state index in [2.05, 4.69) is 16.7 Å². The molecule has 0 fully saturated rings. The Bertz CT molecular complexity index is 751. The molecule has 1 unspecified atom stereocenters. The van der Waals surface area contributed by atoms with Crippen LogP contribution < -0.4 is 20.1 Å². The average molecular weight is 347 g/mol. The molecule has 0 aromatic heterocycles. The molecule has 0 bridgehead atoms. The fourth-order valence-electron chi connectivity index (χ4n) is 2.93. The zero-order chi connectivity index (χ0) is 15.6. The summed E-state index contributed by atoms with van der Waals surface area (Å²) in [5.74, 6) is 1.09. The van der Waals surface area contributed by atoms with Crippen molar-refractivity contribution in [3.05, 3.63) is 53.6 Å². The number of rotatable bonds is 2. The topological polar surface area (TPSA) is 59.6 Å². The molecule has 2 aromatic carbocycles. The number of anilines is 1. The van der Waals surface area contributed by atoms with E-state index >= 15 is 0 Å². The molecule has 1 amide bonds. The SMILES string of the molecule is Cl.O=C(Nc1ccc2c(c1)CNCC2)C1COc2ccccc2O1. The quantitative estimate of drug-likeness (QED) is 0.877. The predicted molar refractivity (Wildman–Crippen MR) is 94.1 cm³/mol. The summed E-state index contributed by atoms with van der Waals surface area (Å²) in [6.45, 7) is 2.07. The lowest BCUT2D eigenvalue weighted by molar-refractivity contribution is -0.125. The Morgan fingerprint density at radius 1 is 1.12 bits per heavy atom. The Hall–Kier alpha value is -2.24. The first kappa shape index (κ1) is 16.6. The third-order valence-corrected chi connectivity index (χ3v) is 4.16. The third-order valence-electron chi connectivity index (χ3n) is 4.16. The van der Waals surface area contributed by atoms with E-state index in [-0.39, 0.29) is 24.9 Å². The van der Waals surface area contributed by atoms with Crippen LogP contribution in [0.4, 0.5) is 5.69 Å². The molecular weight excluding hydrogens is 328 g/mol. The van der Waals surface area contributed by atoms with Crippen molar-refractivity contribution in [1.82, 2.24) is 5.32 Å². The van der Waals surface area contributed by atoms with Crippen LogP contribution in [0.1, 0.15) is 11.1 Å². The molecule has 2 aromatic rings. The van der Waals surface area contributed by atoms with Gasteiger partial charge in [-0.05, 0) is 48.4 Å². The van der Waals surface area contributed by atoms with E-state index < -0.39 is 6.10 Å². The standard InChI is InChI=1S/C18H18N2O3.ClH/c21-18(17-11-22-15-3-1-2-4-16(15)23-17)20-14-6-5-12-7-8-19-10-13(12)9-14;/h1-6,9,17,19H,7-8,10-11H2,(H,20,21);1H. The minimum atomic E-state index is -0.640. The van der Waals surface area contributed by atoms with Gasteiger partial charge in [0.1, 0.15) is 6.61 Å². The van der Waals surface area contributed by atoms with Crippen LogP contribution >= 0.6 is 12.4 Å². The molecule has 24 heavy (non-hydrogen) atoms. The molecule has 6 heteroatoms. The summed E-state index contributed by atoms with van der Waals surface area (Å²) in [5, 5.41) is 6.26. The maximum absolute atomic E-state index is 12.4. The first-order valence-corrected chi connectivity index (χ1v) is 7.81. The van der Waals surface area contributed by atoms with Gasteiger partial charge in [-0.1, -0.05) is 18.2 Å². The van der Waals surface area contributed by atoms with Crippen LogP contribution in [-0.4, -0.2) is 25.2 Å². The molecule has 0 aliphatic carbocycles. The van der Waals surface area contributed by atoms with Crippen LogP contribution in [0.3, 0.4) is 0 Å². The highest BCUT2D eigenvalue weighted by Crippen LogP contribution is 2.31. The van der Waals surface area contributed by atoms with Gasteiger partial charge in [0, 0.05) is 12.2 Å². The van der Waals surface area contributed by atoms with Crippen molar-refractivity contribution in [3.63, 3.8) is 0 Å². The molecular formula is C18H19ClN2O3. The normalized spacial score (nSPS) is 18.1. The Labute approximate surface area is 146 Å². The number of fused-ring (bicyclic) bond motifs is 2. The fourth-order valence-corrected chi connectivity index (χ4v) is 2.93. The third kappa shape index (κ3) is 3.32. The van der Waals surface area contributed by atoms with Gasteiger partial charge in [0.2, 0.25) is 6.10 Å². The van der Waals surface area contributed by atoms with E-state index in [4.69, 9.17) is 9.47 Å². The summed E-state index contributed by atoms with van der Waals surface area (Å²) in [5.41, 5.74) is 3.37. The maximum Gasteiger partial charge on any atom is 0.269 e. The lowest BCUT2D eigenvalue weighted by Crippen LogP contribution is -2.40. The largest absolute Gasteiger partial charge is 0.485 e. The number of nitrogens with one attached hydrogen (secondary N) is 2. The van der Waals surface area contributed by atoms with E-state index in [0.717, 1.165) is 25.2 Å².